The summed E-state index contributed by atoms with van der Waals surface area (Å²) in [7, 11) is -3.10. The van der Waals surface area contributed by atoms with E-state index in [1.165, 1.54) is 0 Å². The van der Waals surface area contributed by atoms with Crippen LogP contribution >= 0.6 is 0 Å². The minimum Gasteiger partial charge on any atom is -0.327 e. The van der Waals surface area contributed by atoms with E-state index in [4.69, 9.17) is 5.73 Å². The zero-order chi connectivity index (χ0) is 13.1. The lowest BCUT2D eigenvalue weighted by Gasteiger charge is -2.16. The molecule has 1 aromatic rings. The molecule has 0 spiro atoms. The Kier molecular flexibility index (Phi) is 4.71. The average Bonchev–Trinajstić information content (AvgIpc) is 2.28. The summed E-state index contributed by atoms with van der Waals surface area (Å²) in [6, 6.07) is 7.14. The zero-order valence-electron chi connectivity index (χ0n) is 10.7. The first-order valence-corrected chi connectivity index (χ1v) is 7.62. The highest BCUT2D eigenvalue weighted by molar-refractivity contribution is 7.91. The zero-order valence-corrected chi connectivity index (χ0v) is 11.5. The average molecular weight is 255 g/mol. The van der Waals surface area contributed by atoms with Crippen molar-refractivity contribution in [1.82, 2.24) is 0 Å². The maximum atomic E-state index is 11.8. The third kappa shape index (κ3) is 3.54. The molecular weight excluding hydrogens is 234 g/mol. The summed E-state index contributed by atoms with van der Waals surface area (Å²) in [4.78, 5) is 0.403. The standard InChI is InChI=1S/C13H21NO2S/c1-4-9-17(15,16)13-7-5-12(6-8-13)10(2)11(3)14/h5-8,10-11H,4,9,14H2,1-3H3. The van der Waals surface area contributed by atoms with Crippen molar-refractivity contribution in [3.63, 3.8) is 0 Å². The molecule has 96 valence electrons. The van der Waals surface area contributed by atoms with Crippen LogP contribution in [-0.2, 0) is 9.84 Å². The van der Waals surface area contributed by atoms with Gasteiger partial charge in [-0.1, -0.05) is 26.0 Å². The second kappa shape index (κ2) is 5.65. The molecule has 0 aliphatic heterocycles. The van der Waals surface area contributed by atoms with Crippen LogP contribution in [0.4, 0.5) is 0 Å². The van der Waals surface area contributed by atoms with Gasteiger partial charge in [-0.05, 0) is 37.0 Å². The van der Waals surface area contributed by atoms with Crippen molar-refractivity contribution in [2.75, 3.05) is 5.75 Å². The van der Waals surface area contributed by atoms with E-state index in [9.17, 15) is 8.42 Å². The first-order valence-electron chi connectivity index (χ1n) is 5.96. The normalized spacial score (nSPS) is 15.5. The van der Waals surface area contributed by atoms with Crippen LogP contribution in [0.5, 0.6) is 0 Å². The van der Waals surface area contributed by atoms with Gasteiger partial charge in [0.1, 0.15) is 0 Å². The molecule has 17 heavy (non-hydrogen) atoms. The molecule has 0 amide bonds. The molecule has 0 heterocycles. The van der Waals surface area contributed by atoms with E-state index in [0.717, 1.165) is 5.56 Å². The van der Waals surface area contributed by atoms with Gasteiger partial charge < -0.3 is 5.73 Å². The Hall–Kier alpha value is -0.870. The monoisotopic (exact) mass is 255 g/mol. The minimum atomic E-state index is -3.10. The van der Waals surface area contributed by atoms with Crippen molar-refractivity contribution in [2.24, 2.45) is 5.73 Å². The molecule has 2 unspecified atom stereocenters. The van der Waals surface area contributed by atoms with Crippen LogP contribution in [0.15, 0.2) is 29.2 Å². The lowest BCUT2D eigenvalue weighted by Crippen LogP contribution is -2.22. The van der Waals surface area contributed by atoms with Crippen molar-refractivity contribution in [3.8, 4) is 0 Å². The fourth-order valence-corrected chi connectivity index (χ4v) is 2.99. The topological polar surface area (TPSA) is 60.2 Å². The Morgan fingerprint density at radius 2 is 1.71 bits per heavy atom. The Balaban J connectivity index is 2.96. The summed E-state index contributed by atoms with van der Waals surface area (Å²) < 4.78 is 23.6. The summed E-state index contributed by atoms with van der Waals surface area (Å²) in [6.07, 6.45) is 0.639. The van der Waals surface area contributed by atoms with Gasteiger partial charge in [0.05, 0.1) is 10.6 Å². The van der Waals surface area contributed by atoms with Crippen LogP contribution in [0.2, 0.25) is 0 Å². The summed E-state index contributed by atoms with van der Waals surface area (Å²) in [5, 5.41) is 0. The predicted molar refractivity (Wildman–Crippen MR) is 70.9 cm³/mol. The number of nitrogens with two attached hydrogens (primary N) is 1. The van der Waals surface area contributed by atoms with Crippen LogP contribution < -0.4 is 5.73 Å². The maximum Gasteiger partial charge on any atom is 0.178 e. The summed E-state index contributed by atoms with van der Waals surface area (Å²) in [5.41, 5.74) is 6.90. The Bertz CT molecular complexity index is 449. The van der Waals surface area contributed by atoms with Gasteiger partial charge in [0.2, 0.25) is 0 Å². The third-order valence-corrected chi connectivity index (χ3v) is 4.96. The molecule has 0 radical (unpaired) electrons. The van der Waals surface area contributed by atoms with Crippen molar-refractivity contribution in [1.29, 1.82) is 0 Å². The molecule has 0 fully saturated rings. The van der Waals surface area contributed by atoms with Crippen LogP contribution in [0, 0.1) is 0 Å². The van der Waals surface area contributed by atoms with E-state index in [0.29, 0.717) is 11.3 Å². The van der Waals surface area contributed by atoms with Crippen LogP contribution in [0.1, 0.15) is 38.7 Å². The fourth-order valence-electron chi connectivity index (χ4n) is 1.67. The van der Waals surface area contributed by atoms with Gasteiger partial charge >= 0.3 is 0 Å². The largest absolute Gasteiger partial charge is 0.327 e. The second-order valence-electron chi connectivity index (χ2n) is 4.54. The summed E-state index contributed by atoms with van der Waals surface area (Å²) in [6.45, 7) is 5.86. The molecule has 2 atom stereocenters. The van der Waals surface area contributed by atoms with Crippen molar-refractivity contribution < 1.29 is 8.42 Å². The third-order valence-electron chi connectivity index (χ3n) is 3.03. The molecule has 0 aromatic heterocycles. The molecule has 0 saturated carbocycles. The van der Waals surface area contributed by atoms with Crippen LogP contribution in [0.3, 0.4) is 0 Å². The van der Waals surface area contributed by atoms with Gasteiger partial charge in [0.15, 0.2) is 9.84 Å². The van der Waals surface area contributed by atoms with Crippen molar-refractivity contribution >= 4 is 9.84 Å². The molecule has 0 aliphatic rings. The van der Waals surface area contributed by atoms with Crippen LogP contribution in [-0.4, -0.2) is 20.2 Å². The van der Waals surface area contributed by atoms with Crippen molar-refractivity contribution in [2.45, 2.75) is 44.0 Å². The van der Waals surface area contributed by atoms with Crippen molar-refractivity contribution in [3.05, 3.63) is 29.8 Å². The van der Waals surface area contributed by atoms with E-state index in [1.807, 2.05) is 32.9 Å². The molecular formula is C13H21NO2S. The predicted octanol–water partition coefficient (Wildman–Crippen LogP) is 2.32. The van der Waals surface area contributed by atoms with Gasteiger partial charge in [-0.15, -0.1) is 0 Å². The highest BCUT2D eigenvalue weighted by atomic mass is 32.2. The highest BCUT2D eigenvalue weighted by Gasteiger charge is 2.15. The Morgan fingerprint density at radius 3 is 2.12 bits per heavy atom. The lowest BCUT2D eigenvalue weighted by molar-refractivity contribution is 0.594. The summed E-state index contributed by atoms with van der Waals surface area (Å²) in [5.74, 6) is 0.438. The molecule has 0 aliphatic carbocycles. The second-order valence-corrected chi connectivity index (χ2v) is 6.64. The Labute approximate surface area is 104 Å². The van der Waals surface area contributed by atoms with E-state index in [2.05, 4.69) is 0 Å². The number of rotatable bonds is 5. The molecule has 1 rings (SSSR count). The number of hydrogen-bond acceptors (Lipinski definition) is 3. The molecule has 3 nitrogen and oxygen atoms in total. The summed E-state index contributed by atoms with van der Waals surface area (Å²) >= 11 is 0. The maximum absolute atomic E-state index is 11.8. The number of sulfone groups is 1. The smallest absolute Gasteiger partial charge is 0.178 e. The molecule has 1 aromatic carbocycles. The molecule has 0 bridgehead atoms. The Morgan fingerprint density at radius 1 is 1.18 bits per heavy atom. The van der Waals surface area contributed by atoms with E-state index in [1.54, 1.807) is 12.1 Å². The molecule has 4 heteroatoms. The van der Waals surface area contributed by atoms with Gasteiger partial charge in [-0.25, -0.2) is 8.42 Å². The van der Waals surface area contributed by atoms with Gasteiger partial charge in [-0.2, -0.15) is 0 Å². The number of hydrogen-bond donors (Lipinski definition) is 1. The SMILES string of the molecule is CCCS(=O)(=O)c1ccc(C(C)C(C)N)cc1. The molecule has 2 N–H and O–H groups in total. The number of benzene rings is 1. The minimum absolute atomic E-state index is 0.0631. The van der Waals surface area contributed by atoms with Gasteiger partial charge in [-0.3, -0.25) is 0 Å². The van der Waals surface area contributed by atoms with Crippen LogP contribution in [0.25, 0.3) is 0 Å². The first-order chi connectivity index (χ1) is 7.88. The quantitative estimate of drug-likeness (QED) is 0.878. The van der Waals surface area contributed by atoms with E-state index < -0.39 is 9.84 Å². The van der Waals surface area contributed by atoms with Gasteiger partial charge in [0.25, 0.3) is 0 Å². The van der Waals surface area contributed by atoms with Gasteiger partial charge in [0, 0.05) is 6.04 Å². The molecule has 0 saturated heterocycles. The van der Waals surface area contributed by atoms with E-state index in [-0.39, 0.29) is 17.7 Å². The first kappa shape index (κ1) is 14.2. The fraction of sp³-hybridized carbons (Fsp3) is 0.538. The highest BCUT2D eigenvalue weighted by Crippen LogP contribution is 2.20. The lowest BCUT2D eigenvalue weighted by atomic mass is 9.95. The van der Waals surface area contributed by atoms with E-state index >= 15 is 0 Å².